The minimum Gasteiger partial charge on any atom is -0.314 e. The Hall–Kier alpha value is -0.120. The van der Waals surface area contributed by atoms with E-state index in [1.54, 1.807) is 0 Å². The largest absolute Gasteiger partial charge is 0.314 e. The Bertz CT molecular complexity index is 299. The second-order valence-electron chi connectivity index (χ2n) is 7.77. The molecule has 0 radical (unpaired) electrons. The van der Waals surface area contributed by atoms with Gasteiger partial charge >= 0.3 is 0 Å². The highest BCUT2D eigenvalue weighted by molar-refractivity contribution is 4.98. The monoisotopic (exact) mass is 295 g/mol. The van der Waals surface area contributed by atoms with Gasteiger partial charge < -0.3 is 15.1 Å². The van der Waals surface area contributed by atoms with Gasteiger partial charge in [0.15, 0.2) is 0 Å². The molecule has 2 aliphatic rings. The lowest BCUT2D eigenvalue weighted by atomic mass is 9.75. The molecule has 3 heteroatoms. The van der Waals surface area contributed by atoms with Crippen LogP contribution in [0.5, 0.6) is 0 Å². The molecule has 124 valence electrons. The van der Waals surface area contributed by atoms with Crippen LogP contribution in [0.2, 0.25) is 0 Å². The number of nitrogens with zero attached hydrogens (tertiary/aromatic N) is 2. The molecule has 3 nitrogen and oxygen atoms in total. The first-order chi connectivity index (χ1) is 10.1. The normalized spacial score (nSPS) is 28.9. The molecule has 1 N–H and O–H groups in total. The van der Waals surface area contributed by atoms with Crippen molar-refractivity contribution in [2.45, 2.75) is 69.9 Å². The molecule has 21 heavy (non-hydrogen) atoms. The second-order valence-corrected chi connectivity index (χ2v) is 7.77. The van der Waals surface area contributed by atoms with E-state index in [0.717, 1.165) is 12.0 Å². The van der Waals surface area contributed by atoms with E-state index in [4.69, 9.17) is 0 Å². The lowest BCUT2D eigenvalue weighted by molar-refractivity contribution is 0.0206. The van der Waals surface area contributed by atoms with Gasteiger partial charge in [-0.1, -0.05) is 19.8 Å². The smallest absolute Gasteiger partial charge is 0.0330 e. The summed E-state index contributed by atoms with van der Waals surface area (Å²) >= 11 is 0. The Labute approximate surface area is 132 Å². The Morgan fingerprint density at radius 3 is 2.33 bits per heavy atom. The predicted molar refractivity (Wildman–Crippen MR) is 91.8 cm³/mol. The molecule has 0 aromatic heterocycles. The van der Waals surface area contributed by atoms with Gasteiger partial charge in [-0.2, -0.15) is 0 Å². The fourth-order valence-corrected chi connectivity index (χ4v) is 4.32. The zero-order valence-electron chi connectivity index (χ0n) is 14.8. The maximum atomic E-state index is 3.80. The van der Waals surface area contributed by atoms with E-state index in [9.17, 15) is 0 Å². The number of rotatable bonds is 8. The molecule has 0 spiro atoms. The summed E-state index contributed by atoms with van der Waals surface area (Å²) in [4.78, 5) is 5.09. The molecule has 2 aliphatic carbocycles. The third-order valence-electron chi connectivity index (χ3n) is 5.91. The van der Waals surface area contributed by atoms with E-state index in [-0.39, 0.29) is 0 Å². The van der Waals surface area contributed by atoms with Crippen LogP contribution in [0.3, 0.4) is 0 Å². The van der Waals surface area contributed by atoms with Gasteiger partial charge in [0.2, 0.25) is 0 Å². The lowest BCUT2D eigenvalue weighted by Gasteiger charge is -2.50. The number of nitrogens with one attached hydrogen (secondary N) is 1. The van der Waals surface area contributed by atoms with Crippen molar-refractivity contribution in [2.24, 2.45) is 5.92 Å². The Morgan fingerprint density at radius 2 is 1.76 bits per heavy atom. The Kier molecular flexibility index (Phi) is 6.51. The molecule has 0 bridgehead atoms. The van der Waals surface area contributed by atoms with Crippen molar-refractivity contribution in [3.63, 3.8) is 0 Å². The van der Waals surface area contributed by atoms with Crippen molar-refractivity contribution < 1.29 is 0 Å². The number of hydrogen-bond acceptors (Lipinski definition) is 3. The summed E-state index contributed by atoms with van der Waals surface area (Å²) in [5.74, 6) is 0.856. The molecule has 0 heterocycles. The third-order valence-corrected chi connectivity index (χ3v) is 5.91. The highest BCUT2D eigenvalue weighted by Gasteiger charge is 2.40. The van der Waals surface area contributed by atoms with Crippen molar-refractivity contribution in [3.8, 4) is 0 Å². The molecule has 0 amide bonds. The maximum Gasteiger partial charge on any atom is 0.0330 e. The SMILES string of the molecule is CCCNC1CCCCC1CN(C)CC1(N(C)C)CCC1. The van der Waals surface area contributed by atoms with Crippen molar-refractivity contribution in [1.82, 2.24) is 15.1 Å². The van der Waals surface area contributed by atoms with E-state index < -0.39 is 0 Å². The average Bonchev–Trinajstić information content (AvgIpc) is 2.41. The first-order valence-electron chi connectivity index (χ1n) is 9.17. The quantitative estimate of drug-likeness (QED) is 0.743. The van der Waals surface area contributed by atoms with Gasteiger partial charge in [-0.3, -0.25) is 0 Å². The summed E-state index contributed by atoms with van der Waals surface area (Å²) in [6.45, 7) is 5.98. The minimum absolute atomic E-state index is 0.468. The molecule has 2 atom stereocenters. The summed E-state index contributed by atoms with van der Waals surface area (Å²) in [5, 5.41) is 3.80. The highest BCUT2D eigenvalue weighted by Crippen LogP contribution is 2.37. The maximum absolute atomic E-state index is 3.80. The van der Waals surface area contributed by atoms with Crippen LogP contribution in [0.15, 0.2) is 0 Å². The van der Waals surface area contributed by atoms with Gasteiger partial charge in [0, 0.05) is 24.7 Å². The third kappa shape index (κ3) is 4.43. The van der Waals surface area contributed by atoms with E-state index in [1.165, 1.54) is 71.0 Å². The van der Waals surface area contributed by atoms with Gasteiger partial charge in [-0.25, -0.2) is 0 Å². The Morgan fingerprint density at radius 1 is 1.05 bits per heavy atom. The van der Waals surface area contributed by atoms with Gasteiger partial charge in [0.05, 0.1) is 0 Å². The van der Waals surface area contributed by atoms with E-state index in [0.29, 0.717) is 5.54 Å². The van der Waals surface area contributed by atoms with Crippen LogP contribution < -0.4 is 5.32 Å². The summed E-state index contributed by atoms with van der Waals surface area (Å²) in [6.07, 6.45) is 11.1. The van der Waals surface area contributed by atoms with E-state index in [2.05, 4.69) is 43.2 Å². The van der Waals surface area contributed by atoms with E-state index >= 15 is 0 Å². The number of hydrogen-bond donors (Lipinski definition) is 1. The first-order valence-corrected chi connectivity index (χ1v) is 9.17. The van der Waals surface area contributed by atoms with Crippen LogP contribution in [-0.4, -0.2) is 62.2 Å². The molecule has 0 saturated heterocycles. The molecular formula is C18H37N3. The average molecular weight is 296 g/mol. The fourth-order valence-electron chi connectivity index (χ4n) is 4.32. The van der Waals surface area contributed by atoms with Gasteiger partial charge in [0.25, 0.3) is 0 Å². The minimum atomic E-state index is 0.468. The zero-order valence-corrected chi connectivity index (χ0v) is 14.8. The van der Waals surface area contributed by atoms with Gasteiger partial charge in [-0.05, 0) is 72.1 Å². The standard InChI is InChI=1S/C18H37N3/c1-5-13-19-17-10-7-6-9-16(17)14-21(4)15-18(20(2)3)11-8-12-18/h16-17,19H,5-15H2,1-4H3. The topological polar surface area (TPSA) is 18.5 Å². The molecule has 2 unspecified atom stereocenters. The Balaban J connectivity index is 1.83. The van der Waals surface area contributed by atoms with Crippen LogP contribution in [-0.2, 0) is 0 Å². The molecule has 2 rings (SSSR count). The molecular weight excluding hydrogens is 258 g/mol. The fraction of sp³-hybridized carbons (Fsp3) is 1.00. The predicted octanol–water partition coefficient (Wildman–Crippen LogP) is 2.96. The first kappa shape index (κ1) is 17.2. The summed E-state index contributed by atoms with van der Waals surface area (Å²) in [7, 11) is 6.87. The molecule has 2 fully saturated rings. The molecule has 2 saturated carbocycles. The van der Waals surface area contributed by atoms with Crippen molar-refractivity contribution >= 4 is 0 Å². The number of likely N-dealkylation sites (N-methyl/N-ethyl adjacent to an activating group) is 2. The van der Waals surface area contributed by atoms with Crippen LogP contribution >= 0.6 is 0 Å². The summed E-state index contributed by atoms with van der Waals surface area (Å²) < 4.78 is 0. The summed E-state index contributed by atoms with van der Waals surface area (Å²) in [6, 6.07) is 0.762. The van der Waals surface area contributed by atoms with Crippen LogP contribution in [0.1, 0.15) is 58.3 Å². The molecule has 0 aromatic carbocycles. The lowest BCUT2D eigenvalue weighted by Crippen LogP contribution is -2.57. The van der Waals surface area contributed by atoms with Gasteiger partial charge in [0.1, 0.15) is 0 Å². The highest BCUT2D eigenvalue weighted by atomic mass is 15.2. The van der Waals surface area contributed by atoms with Crippen LogP contribution in [0, 0.1) is 5.92 Å². The second kappa shape index (κ2) is 7.94. The van der Waals surface area contributed by atoms with Crippen molar-refractivity contribution in [3.05, 3.63) is 0 Å². The van der Waals surface area contributed by atoms with Crippen molar-refractivity contribution in [1.29, 1.82) is 0 Å². The van der Waals surface area contributed by atoms with Crippen molar-refractivity contribution in [2.75, 3.05) is 40.8 Å². The molecule has 0 aromatic rings. The van der Waals surface area contributed by atoms with Gasteiger partial charge in [-0.15, -0.1) is 0 Å². The van der Waals surface area contributed by atoms with Crippen LogP contribution in [0.25, 0.3) is 0 Å². The van der Waals surface area contributed by atoms with Crippen LogP contribution in [0.4, 0.5) is 0 Å². The zero-order chi connectivity index (χ0) is 15.3. The van der Waals surface area contributed by atoms with E-state index in [1.807, 2.05) is 0 Å². The summed E-state index contributed by atoms with van der Waals surface area (Å²) in [5.41, 5.74) is 0.468. The molecule has 0 aliphatic heterocycles.